The number of esters is 1. The number of nitro groups is 1. The number of ether oxygens (including phenoxy) is 4. The molecule has 1 heterocycles. The highest BCUT2D eigenvalue weighted by atomic mass is 16.6. The highest BCUT2D eigenvalue weighted by Gasteiger charge is 2.29. The summed E-state index contributed by atoms with van der Waals surface area (Å²) in [6.45, 7) is 0.527. The summed E-state index contributed by atoms with van der Waals surface area (Å²) < 4.78 is 20.4. The smallest absolute Gasteiger partial charge is 0.345 e. The number of hydrogen-bond donors (Lipinski definition) is 0. The molecule has 8 nitrogen and oxygen atoms in total. The Hall–Kier alpha value is -2.35. The number of nitrogens with zero attached hydrogens (tertiary/aromatic N) is 1. The van der Waals surface area contributed by atoms with Crippen molar-refractivity contribution < 1.29 is 28.7 Å². The molecule has 1 unspecified atom stereocenters. The molecule has 1 aromatic carbocycles. The van der Waals surface area contributed by atoms with Crippen LogP contribution in [-0.2, 0) is 9.47 Å². The first-order valence-electron chi connectivity index (χ1n) is 5.76. The van der Waals surface area contributed by atoms with E-state index in [0.29, 0.717) is 6.61 Å². The van der Waals surface area contributed by atoms with Crippen LogP contribution in [0.1, 0.15) is 10.4 Å². The molecular weight excluding hydrogens is 270 g/mol. The molecule has 0 saturated heterocycles. The molecule has 0 N–H and O–H groups in total. The van der Waals surface area contributed by atoms with Gasteiger partial charge in [-0.3, -0.25) is 10.1 Å². The van der Waals surface area contributed by atoms with Gasteiger partial charge in [0.05, 0.1) is 24.7 Å². The number of benzene rings is 1. The van der Waals surface area contributed by atoms with E-state index < -0.39 is 10.9 Å². The molecule has 20 heavy (non-hydrogen) atoms. The van der Waals surface area contributed by atoms with Crippen molar-refractivity contribution in [1.82, 2.24) is 0 Å². The van der Waals surface area contributed by atoms with Gasteiger partial charge in [-0.1, -0.05) is 0 Å². The fourth-order valence-corrected chi connectivity index (χ4v) is 1.84. The van der Waals surface area contributed by atoms with E-state index in [1.807, 2.05) is 0 Å². The topological polar surface area (TPSA) is 97.1 Å². The zero-order chi connectivity index (χ0) is 14.7. The largest absolute Gasteiger partial charge is 0.485 e. The van der Waals surface area contributed by atoms with Crippen LogP contribution in [-0.4, -0.2) is 44.4 Å². The molecule has 0 aliphatic carbocycles. The molecule has 1 aliphatic rings. The maximum Gasteiger partial charge on any atom is 0.345 e. The number of carbonyl (C=O) groups is 1. The van der Waals surface area contributed by atoms with Gasteiger partial charge in [0.2, 0.25) is 0 Å². The van der Waals surface area contributed by atoms with E-state index in [2.05, 4.69) is 4.74 Å². The van der Waals surface area contributed by atoms with Crippen LogP contribution >= 0.6 is 0 Å². The molecule has 0 aromatic heterocycles. The van der Waals surface area contributed by atoms with E-state index in [0.717, 1.165) is 13.2 Å². The van der Waals surface area contributed by atoms with E-state index in [-0.39, 0.29) is 35.5 Å². The summed E-state index contributed by atoms with van der Waals surface area (Å²) in [5, 5.41) is 11.0. The number of rotatable bonds is 4. The standard InChI is InChI=1S/C12H13NO7/c1-17-5-7-6-19-10-4-9(13(15)16)8(12(14)18-2)3-11(10)20-7/h3-4,7H,5-6H2,1-2H3. The van der Waals surface area contributed by atoms with Crippen molar-refractivity contribution >= 4 is 11.7 Å². The number of carbonyl (C=O) groups excluding carboxylic acids is 1. The zero-order valence-electron chi connectivity index (χ0n) is 11.0. The Morgan fingerprint density at radius 3 is 2.80 bits per heavy atom. The first-order valence-corrected chi connectivity index (χ1v) is 5.76. The minimum absolute atomic E-state index is 0.182. The van der Waals surface area contributed by atoms with Gasteiger partial charge in [0.1, 0.15) is 12.2 Å². The van der Waals surface area contributed by atoms with Crippen LogP contribution in [0.15, 0.2) is 12.1 Å². The molecule has 0 saturated carbocycles. The minimum Gasteiger partial charge on any atom is -0.485 e. The molecule has 1 aromatic rings. The molecule has 1 aliphatic heterocycles. The van der Waals surface area contributed by atoms with Crippen LogP contribution in [0.2, 0.25) is 0 Å². The number of hydrogen-bond acceptors (Lipinski definition) is 7. The molecular formula is C12H13NO7. The lowest BCUT2D eigenvalue weighted by molar-refractivity contribution is -0.385. The Morgan fingerprint density at radius 2 is 2.20 bits per heavy atom. The predicted molar refractivity (Wildman–Crippen MR) is 66.2 cm³/mol. The molecule has 0 bridgehead atoms. The van der Waals surface area contributed by atoms with Gasteiger partial charge >= 0.3 is 5.97 Å². The van der Waals surface area contributed by atoms with Gasteiger partial charge in [-0.05, 0) is 0 Å². The Bertz CT molecular complexity index is 543. The Morgan fingerprint density at radius 1 is 1.45 bits per heavy atom. The van der Waals surface area contributed by atoms with E-state index >= 15 is 0 Å². The lowest BCUT2D eigenvalue weighted by Crippen LogP contribution is -2.33. The zero-order valence-corrected chi connectivity index (χ0v) is 11.0. The second-order valence-electron chi connectivity index (χ2n) is 4.07. The normalized spacial score (nSPS) is 16.6. The summed E-state index contributed by atoms with van der Waals surface area (Å²) in [5.41, 5.74) is -0.567. The van der Waals surface area contributed by atoms with Gasteiger partial charge in [-0.15, -0.1) is 0 Å². The average Bonchev–Trinajstić information content (AvgIpc) is 2.45. The number of nitro benzene ring substituents is 1. The minimum atomic E-state index is -0.808. The average molecular weight is 283 g/mol. The summed E-state index contributed by atoms with van der Waals surface area (Å²) >= 11 is 0. The van der Waals surface area contributed by atoms with Gasteiger partial charge in [0, 0.05) is 13.2 Å². The van der Waals surface area contributed by atoms with Crippen LogP contribution in [0.4, 0.5) is 5.69 Å². The maximum atomic E-state index is 11.6. The van der Waals surface area contributed by atoms with Gasteiger partial charge in [-0.2, -0.15) is 0 Å². The highest BCUT2D eigenvalue weighted by molar-refractivity contribution is 5.95. The van der Waals surface area contributed by atoms with Crippen molar-refractivity contribution in [2.24, 2.45) is 0 Å². The summed E-state index contributed by atoms with van der Waals surface area (Å²) in [4.78, 5) is 21.9. The van der Waals surface area contributed by atoms with Crippen LogP contribution in [0, 0.1) is 10.1 Å². The molecule has 8 heteroatoms. The molecule has 0 amide bonds. The number of methoxy groups -OCH3 is 2. The second kappa shape index (κ2) is 5.74. The Labute approximate surface area is 114 Å². The molecule has 1 atom stereocenters. The van der Waals surface area contributed by atoms with Crippen molar-refractivity contribution in [2.75, 3.05) is 27.4 Å². The molecule has 108 valence electrons. The van der Waals surface area contributed by atoms with E-state index in [4.69, 9.17) is 14.2 Å². The number of fused-ring (bicyclic) bond motifs is 1. The monoisotopic (exact) mass is 283 g/mol. The van der Waals surface area contributed by atoms with Crippen LogP contribution < -0.4 is 9.47 Å². The fourth-order valence-electron chi connectivity index (χ4n) is 1.84. The van der Waals surface area contributed by atoms with Crippen molar-refractivity contribution in [3.05, 3.63) is 27.8 Å². The maximum absolute atomic E-state index is 11.6. The van der Waals surface area contributed by atoms with Gasteiger partial charge < -0.3 is 18.9 Å². The molecule has 0 spiro atoms. The third-order valence-electron chi connectivity index (χ3n) is 2.73. The van der Waals surface area contributed by atoms with E-state index in [1.54, 1.807) is 0 Å². The lowest BCUT2D eigenvalue weighted by Gasteiger charge is -2.26. The summed E-state index contributed by atoms with van der Waals surface area (Å²) in [7, 11) is 2.67. The van der Waals surface area contributed by atoms with E-state index in [9.17, 15) is 14.9 Å². The van der Waals surface area contributed by atoms with Crippen molar-refractivity contribution in [3.63, 3.8) is 0 Å². The highest BCUT2D eigenvalue weighted by Crippen LogP contribution is 2.38. The third-order valence-corrected chi connectivity index (χ3v) is 2.73. The van der Waals surface area contributed by atoms with Crippen molar-refractivity contribution in [1.29, 1.82) is 0 Å². The van der Waals surface area contributed by atoms with Crippen LogP contribution in [0.25, 0.3) is 0 Å². The van der Waals surface area contributed by atoms with Crippen molar-refractivity contribution in [3.8, 4) is 11.5 Å². The molecule has 0 fully saturated rings. The lowest BCUT2D eigenvalue weighted by atomic mass is 10.1. The van der Waals surface area contributed by atoms with Crippen LogP contribution in [0.5, 0.6) is 11.5 Å². The third kappa shape index (κ3) is 2.64. The Kier molecular flexibility index (Phi) is 4.04. The second-order valence-corrected chi connectivity index (χ2v) is 4.07. The van der Waals surface area contributed by atoms with Crippen LogP contribution in [0.3, 0.4) is 0 Å². The van der Waals surface area contributed by atoms with Crippen molar-refractivity contribution in [2.45, 2.75) is 6.10 Å². The first kappa shape index (κ1) is 14.1. The van der Waals surface area contributed by atoms with E-state index in [1.165, 1.54) is 13.2 Å². The fraction of sp³-hybridized carbons (Fsp3) is 0.417. The molecule has 0 radical (unpaired) electrons. The Balaban J connectivity index is 2.41. The molecule has 2 rings (SSSR count). The first-order chi connectivity index (χ1) is 9.56. The van der Waals surface area contributed by atoms with Gasteiger partial charge in [0.25, 0.3) is 5.69 Å². The summed E-state index contributed by atoms with van der Waals surface area (Å²) in [6, 6.07) is 2.41. The summed E-state index contributed by atoms with van der Waals surface area (Å²) in [6.07, 6.45) is -0.334. The quantitative estimate of drug-likeness (QED) is 0.464. The predicted octanol–water partition coefficient (Wildman–Crippen LogP) is 1.17. The SMILES string of the molecule is COCC1COc2cc([N+](=O)[O-])c(C(=O)OC)cc2O1. The van der Waals surface area contributed by atoms with Gasteiger partial charge in [-0.25, -0.2) is 4.79 Å². The summed E-state index contributed by atoms with van der Waals surface area (Å²) in [5.74, 6) is -0.335. The van der Waals surface area contributed by atoms with Gasteiger partial charge in [0.15, 0.2) is 17.6 Å².